The average Bonchev–Trinajstić information content (AvgIpc) is 3.78. The van der Waals surface area contributed by atoms with Gasteiger partial charge in [-0.2, -0.15) is 0 Å². The molecule has 2 aromatic heterocycles. The van der Waals surface area contributed by atoms with Crippen molar-refractivity contribution in [3.05, 3.63) is 98.2 Å². The molecular weight excluding hydrogens is 669 g/mol. The zero-order valence-corrected chi connectivity index (χ0v) is 30.6. The van der Waals surface area contributed by atoms with Crippen LogP contribution in [0.3, 0.4) is 0 Å². The van der Waals surface area contributed by atoms with Crippen LogP contribution in [-0.2, 0) is 0 Å². The van der Waals surface area contributed by atoms with Gasteiger partial charge in [-0.15, -0.1) is 0 Å². The van der Waals surface area contributed by atoms with E-state index in [0.29, 0.717) is 40.4 Å². The summed E-state index contributed by atoms with van der Waals surface area (Å²) in [7, 11) is -1.35. The molecule has 0 saturated heterocycles. The summed E-state index contributed by atoms with van der Waals surface area (Å²) in [6.45, 7) is 6.75. The Balaban J connectivity index is 0.000000170. The molecule has 0 aliphatic heterocycles. The monoisotopic (exact) mass is 724 g/mol. The summed E-state index contributed by atoms with van der Waals surface area (Å²) >= 11 is 1.26. The third-order valence-electron chi connectivity index (χ3n) is 9.64. The van der Waals surface area contributed by atoms with Gasteiger partial charge >= 0.3 is 179 Å². The van der Waals surface area contributed by atoms with E-state index in [-0.39, 0.29) is 0 Å². The van der Waals surface area contributed by atoms with Gasteiger partial charge in [-0.05, 0) is 48.5 Å². The first-order valence-electron chi connectivity index (χ1n) is 17.1. The molecule has 0 atom stereocenters. The van der Waals surface area contributed by atoms with Crippen LogP contribution in [0, 0.1) is 18.8 Å². The van der Waals surface area contributed by atoms with Crippen LogP contribution in [0.2, 0.25) is 0 Å². The minimum atomic E-state index is -1.35. The van der Waals surface area contributed by atoms with E-state index < -0.39 is 7.12 Å². The Morgan fingerprint density at radius 1 is 0.614 bits per heavy atom. The van der Waals surface area contributed by atoms with E-state index in [1.807, 2.05) is 12.1 Å². The second-order valence-electron chi connectivity index (χ2n) is 12.9. The van der Waals surface area contributed by atoms with E-state index in [0.717, 1.165) is 17.8 Å². The maximum atomic E-state index is 9.07. The molecule has 236 valence electrons. The van der Waals surface area contributed by atoms with Crippen molar-refractivity contribution in [2.75, 3.05) is 0 Å². The van der Waals surface area contributed by atoms with Gasteiger partial charge in [0.05, 0.1) is 0 Å². The van der Waals surface area contributed by atoms with E-state index in [4.69, 9.17) is 10.0 Å². The molecule has 44 heavy (non-hydrogen) atoms. The molecule has 4 aromatic rings. The normalized spacial score (nSPS) is 21.4. The van der Waals surface area contributed by atoms with Crippen LogP contribution in [0.25, 0.3) is 10.0 Å². The van der Waals surface area contributed by atoms with Crippen LogP contribution < -0.4 is 5.46 Å². The number of hydrogen-bond donors (Lipinski definition) is 2. The summed E-state index contributed by atoms with van der Waals surface area (Å²) < 4.78 is 3.05. The van der Waals surface area contributed by atoms with Crippen LogP contribution in [0.4, 0.5) is 0 Å². The van der Waals surface area contributed by atoms with Gasteiger partial charge in [0.1, 0.15) is 0 Å². The zero-order valence-electron chi connectivity index (χ0n) is 27.2. The Kier molecular flexibility index (Phi) is 15.4. The molecule has 2 aliphatic rings. The van der Waals surface area contributed by atoms with E-state index in [9.17, 15) is 0 Å². The van der Waals surface area contributed by atoms with Crippen molar-refractivity contribution in [1.29, 1.82) is 0 Å². The second kappa shape index (κ2) is 19.2. The molecule has 6 rings (SSSR count). The van der Waals surface area contributed by atoms with Gasteiger partial charge in [0.25, 0.3) is 0 Å². The molecule has 2 aromatic carbocycles. The number of hydrogen-bond acceptors (Lipinski definition) is 2. The van der Waals surface area contributed by atoms with Crippen molar-refractivity contribution in [3.63, 3.8) is 0 Å². The predicted molar refractivity (Wildman–Crippen MR) is 192 cm³/mol. The molecule has 2 fully saturated rings. The summed E-state index contributed by atoms with van der Waals surface area (Å²) in [5, 5.41) is 18.1. The topological polar surface area (TPSA) is 40.5 Å². The van der Waals surface area contributed by atoms with Gasteiger partial charge in [-0.3, -0.25) is 0 Å². The average molecular weight is 723 g/mol. The standard InChI is InChI=1S/C19H24Se.C15H23BO2.C5H6Se/c1-2-4-15-6-8-16(9-7-15)17-10-12-18(13-11-17)19-5-3-14-20-19;1-2-3-12-4-6-13(7-5-12)14-8-10-15(11-9-14)16(17)18;1-5-3-2-4-6-5/h3,5,10-16H,2,4,6-9H2,1H3;8-13,17-18H,2-7H2,1H3;2-4H,1H3. The van der Waals surface area contributed by atoms with Crippen molar-refractivity contribution >= 4 is 41.6 Å². The Morgan fingerprint density at radius 3 is 1.45 bits per heavy atom. The Labute approximate surface area is 280 Å². The van der Waals surface area contributed by atoms with E-state index in [1.54, 1.807) is 5.56 Å². The van der Waals surface area contributed by atoms with Gasteiger partial charge < -0.3 is 10.0 Å². The zero-order chi connectivity index (χ0) is 31.1. The molecule has 0 bridgehead atoms. The van der Waals surface area contributed by atoms with Crippen molar-refractivity contribution in [2.45, 2.75) is 110 Å². The van der Waals surface area contributed by atoms with E-state index in [2.05, 4.69) is 91.3 Å². The number of aryl methyl sites for hydroxylation is 1. The molecule has 2 N–H and O–H groups in total. The fraction of sp³-hybridized carbons (Fsp3) is 0.487. The van der Waals surface area contributed by atoms with E-state index in [1.165, 1.54) is 97.1 Å². The molecule has 0 radical (unpaired) electrons. The third-order valence-corrected chi connectivity index (χ3v) is 13.3. The van der Waals surface area contributed by atoms with Crippen LogP contribution in [0.1, 0.15) is 118 Å². The van der Waals surface area contributed by atoms with Gasteiger partial charge in [-0.25, -0.2) is 0 Å². The van der Waals surface area contributed by atoms with Crippen molar-refractivity contribution in [2.24, 2.45) is 11.8 Å². The Hall–Kier alpha value is -1.58. The summed E-state index contributed by atoms with van der Waals surface area (Å²) in [6.07, 6.45) is 16.4. The minimum absolute atomic E-state index is 0.555. The molecule has 5 heteroatoms. The van der Waals surface area contributed by atoms with Crippen LogP contribution in [0.5, 0.6) is 0 Å². The number of benzene rings is 2. The maximum absolute atomic E-state index is 9.07. The number of rotatable bonds is 8. The summed E-state index contributed by atoms with van der Waals surface area (Å²) in [4.78, 5) is 4.52. The molecule has 2 heterocycles. The quantitative estimate of drug-likeness (QED) is 0.179. The summed E-state index contributed by atoms with van der Waals surface area (Å²) in [5.74, 6) is 3.43. The first-order chi connectivity index (χ1) is 21.5. The van der Waals surface area contributed by atoms with Crippen molar-refractivity contribution < 1.29 is 10.0 Å². The van der Waals surface area contributed by atoms with Gasteiger partial charge in [-0.1, -0.05) is 44.0 Å². The second-order valence-corrected chi connectivity index (χ2v) is 17.3. The van der Waals surface area contributed by atoms with Gasteiger partial charge in [0.2, 0.25) is 0 Å². The molecule has 0 unspecified atom stereocenters. The van der Waals surface area contributed by atoms with Crippen molar-refractivity contribution in [1.82, 2.24) is 0 Å². The molecule has 0 amide bonds. The molecule has 2 aliphatic carbocycles. The SMILES string of the molecule is CCCC1CCC(c2ccc(-c3ccc[se]3)cc2)CC1.CCCC1CCC(c2ccc(B(O)O)cc2)CC1.Cc1ccc[se]1. The fourth-order valence-electron chi connectivity index (χ4n) is 7.05. The fourth-order valence-corrected chi connectivity index (χ4v) is 9.70. The van der Waals surface area contributed by atoms with Gasteiger partial charge in [0.15, 0.2) is 0 Å². The van der Waals surface area contributed by atoms with Crippen LogP contribution in [-0.4, -0.2) is 46.2 Å². The van der Waals surface area contributed by atoms with Crippen LogP contribution >= 0.6 is 0 Å². The first kappa shape index (κ1) is 35.3. The van der Waals surface area contributed by atoms with Gasteiger partial charge in [0, 0.05) is 0 Å². The first-order valence-corrected chi connectivity index (χ1v) is 20.8. The predicted octanol–water partition coefficient (Wildman–Crippen LogP) is 8.98. The molecular formula is C39H53BO2Se2. The molecule has 2 nitrogen and oxygen atoms in total. The molecule has 0 spiro atoms. The Morgan fingerprint density at radius 2 is 1.09 bits per heavy atom. The third kappa shape index (κ3) is 11.3. The Bertz CT molecular complexity index is 1270. The van der Waals surface area contributed by atoms with E-state index >= 15 is 0 Å². The summed E-state index contributed by atoms with van der Waals surface area (Å²) in [5.41, 5.74) is 4.94. The van der Waals surface area contributed by atoms with Crippen molar-refractivity contribution in [3.8, 4) is 10.0 Å². The molecule has 2 saturated carbocycles. The summed E-state index contributed by atoms with van der Waals surface area (Å²) in [6, 6.07) is 26.0. The van der Waals surface area contributed by atoms with Crippen LogP contribution in [0.15, 0.2) is 82.7 Å².